The van der Waals surface area contributed by atoms with Gasteiger partial charge in [0.15, 0.2) is 0 Å². The van der Waals surface area contributed by atoms with Gasteiger partial charge in [0, 0.05) is 6.61 Å². The number of halogens is 1. The van der Waals surface area contributed by atoms with E-state index in [4.69, 9.17) is 4.74 Å². The second-order valence-electron chi connectivity index (χ2n) is 3.58. The second-order valence-corrected chi connectivity index (χ2v) is 3.58. The van der Waals surface area contributed by atoms with Crippen LogP contribution < -0.4 is 0 Å². The lowest BCUT2D eigenvalue weighted by Crippen LogP contribution is -2.28. The Balaban J connectivity index is 2.36. The fourth-order valence-electron chi connectivity index (χ4n) is 1.75. The lowest BCUT2D eigenvalue weighted by molar-refractivity contribution is -0.112. The van der Waals surface area contributed by atoms with Crippen molar-refractivity contribution in [2.45, 2.75) is 11.8 Å². The standard InChI is InChI=1S/C11H11FO2/c12-10-3-1-9(2-4-10)11(7-13)5-6-14-8-11/h1-4,7H,5-6,8H2. The Kier molecular flexibility index (Phi) is 2.33. The molecule has 3 heteroatoms. The van der Waals surface area contributed by atoms with E-state index in [9.17, 15) is 9.18 Å². The molecule has 0 amide bonds. The van der Waals surface area contributed by atoms with E-state index < -0.39 is 5.41 Å². The average molecular weight is 194 g/mol. The molecule has 0 aliphatic carbocycles. The molecular formula is C11H11FO2. The van der Waals surface area contributed by atoms with E-state index in [1.807, 2.05) is 0 Å². The molecular weight excluding hydrogens is 183 g/mol. The Morgan fingerprint density at radius 3 is 2.57 bits per heavy atom. The highest BCUT2D eigenvalue weighted by molar-refractivity contribution is 5.69. The van der Waals surface area contributed by atoms with E-state index in [1.165, 1.54) is 12.1 Å². The van der Waals surface area contributed by atoms with Crippen molar-refractivity contribution in [3.63, 3.8) is 0 Å². The first-order chi connectivity index (χ1) is 6.77. The van der Waals surface area contributed by atoms with E-state index in [0.717, 1.165) is 11.8 Å². The van der Waals surface area contributed by atoms with Gasteiger partial charge < -0.3 is 9.53 Å². The molecule has 14 heavy (non-hydrogen) atoms. The number of carbonyl (C=O) groups is 1. The summed E-state index contributed by atoms with van der Waals surface area (Å²) in [5, 5.41) is 0. The Morgan fingerprint density at radius 2 is 2.07 bits per heavy atom. The van der Waals surface area contributed by atoms with Gasteiger partial charge in [-0.05, 0) is 24.1 Å². The van der Waals surface area contributed by atoms with Crippen molar-refractivity contribution in [3.8, 4) is 0 Å². The van der Waals surface area contributed by atoms with Crippen LogP contribution in [0.5, 0.6) is 0 Å². The van der Waals surface area contributed by atoms with E-state index in [2.05, 4.69) is 0 Å². The lowest BCUT2D eigenvalue weighted by atomic mass is 9.81. The molecule has 1 saturated heterocycles. The molecule has 0 radical (unpaired) electrons. The number of carbonyl (C=O) groups excluding carboxylic acids is 1. The van der Waals surface area contributed by atoms with Gasteiger partial charge in [-0.25, -0.2) is 4.39 Å². The minimum atomic E-state index is -0.548. The summed E-state index contributed by atoms with van der Waals surface area (Å²) in [6.45, 7) is 0.998. The molecule has 1 heterocycles. The van der Waals surface area contributed by atoms with E-state index in [0.29, 0.717) is 19.6 Å². The zero-order valence-electron chi connectivity index (χ0n) is 7.70. The van der Waals surface area contributed by atoms with Crippen molar-refractivity contribution in [3.05, 3.63) is 35.6 Å². The quantitative estimate of drug-likeness (QED) is 0.669. The van der Waals surface area contributed by atoms with Crippen molar-refractivity contribution in [2.75, 3.05) is 13.2 Å². The minimum absolute atomic E-state index is 0.284. The summed E-state index contributed by atoms with van der Waals surface area (Å²) in [7, 11) is 0. The summed E-state index contributed by atoms with van der Waals surface area (Å²) >= 11 is 0. The highest BCUT2D eigenvalue weighted by Crippen LogP contribution is 2.31. The van der Waals surface area contributed by atoms with E-state index in [-0.39, 0.29) is 5.82 Å². The first-order valence-electron chi connectivity index (χ1n) is 4.57. The number of benzene rings is 1. The van der Waals surface area contributed by atoms with Crippen LogP contribution in [-0.4, -0.2) is 19.5 Å². The van der Waals surface area contributed by atoms with Gasteiger partial charge in [-0.1, -0.05) is 12.1 Å². The van der Waals surface area contributed by atoms with E-state index >= 15 is 0 Å². The first-order valence-corrected chi connectivity index (χ1v) is 4.57. The normalized spacial score (nSPS) is 26.4. The molecule has 2 nitrogen and oxygen atoms in total. The van der Waals surface area contributed by atoms with Gasteiger partial charge in [-0.2, -0.15) is 0 Å². The first kappa shape index (κ1) is 9.34. The van der Waals surface area contributed by atoms with Crippen LogP contribution >= 0.6 is 0 Å². The Bertz CT molecular complexity index is 326. The lowest BCUT2D eigenvalue weighted by Gasteiger charge is -2.20. The summed E-state index contributed by atoms with van der Waals surface area (Å²) < 4.78 is 17.9. The fraction of sp³-hybridized carbons (Fsp3) is 0.364. The zero-order chi connectivity index (χ0) is 10.0. The molecule has 0 bridgehead atoms. The average Bonchev–Trinajstić information content (AvgIpc) is 2.68. The maximum Gasteiger partial charge on any atom is 0.132 e. The molecule has 74 valence electrons. The van der Waals surface area contributed by atoms with Crippen molar-refractivity contribution in [1.29, 1.82) is 0 Å². The molecule has 1 aromatic carbocycles. The minimum Gasteiger partial charge on any atom is -0.380 e. The topological polar surface area (TPSA) is 26.3 Å². The maximum atomic E-state index is 12.7. The SMILES string of the molecule is O=CC1(c2ccc(F)cc2)CCOC1. The molecule has 1 fully saturated rings. The van der Waals surface area contributed by atoms with Gasteiger partial charge >= 0.3 is 0 Å². The van der Waals surface area contributed by atoms with Crippen molar-refractivity contribution in [1.82, 2.24) is 0 Å². The van der Waals surface area contributed by atoms with Gasteiger partial charge in [-0.15, -0.1) is 0 Å². The van der Waals surface area contributed by atoms with Crippen LogP contribution in [0.1, 0.15) is 12.0 Å². The monoisotopic (exact) mass is 194 g/mol. The molecule has 1 atom stereocenters. The third-order valence-corrected chi connectivity index (χ3v) is 2.70. The summed E-state index contributed by atoms with van der Waals surface area (Å²) in [4.78, 5) is 11.0. The summed E-state index contributed by atoms with van der Waals surface area (Å²) in [6, 6.07) is 6.05. The van der Waals surface area contributed by atoms with Crippen LogP contribution in [0.3, 0.4) is 0 Å². The van der Waals surface area contributed by atoms with Gasteiger partial charge in [-0.3, -0.25) is 0 Å². The van der Waals surface area contributed by atoms with Gasteiger partial charge in [0.1, 0.15) is 12.1 Å². The molecule has 0 saturated carbocycles. The van der Waals surface area contributed by atoms with Gasteiger partial charge in [0.05, 0.1) is 12.0 Å². The van der Waals surface area contributed by atoms with Crippen molar-refractivity contribution in [2.24, 2.45) is 0 Å². The smallest absolute Gasteiger partial charge is 0.132 e. The summed E-state index contributed by atoms with van der Waals surface area (Å²) in [5.74, 6) is -0.284. The number of rotatable bonds is 2. The Hall–Kier alpha value is -1.22. The maximum absolute atomic E-state index is 12.7. The molecule has 2 rings (SSSR count). The van der Waals surface area contributed by atoms with Crippen LogP contribution in [0.25, 0.3) is 0 Å². The van der Waals surface area contributed by atoms with Crippen LogP contribution in [-0.2, 0) is 14.9 Å². The van der Waals surface area contributed by atoms with Crippen LogP contribution in [0.2, 0.25) is 0 Å². The third kappa shape index (κ3) is 1.44. The van der Waals surface area contributed by atoms with E-state index in [1.54, 1.807) is 12.1 Å². The predicted molar refractivity (Wildman–Crippen MR) is 49.6 cm³/mol. The summed E-state index contributed by atoms with van der Waals surface area (Å²) in [6.07, 6.45) is 1.59. The summed E-state index contributed by atoms with van der Waals surface area (Å²) in [5.41, 5.74) is 0.291. The molecule has 0 N–H and O–H groups in total. The Labute approximate surface area is 81.7 Å². The fourth-order valence-corrected chi connectivity index (χ4v) is 1.75. The molecule has 1 aliphatic heterocycles. The highest BCUT2D eigenvalue weighted by atomic mass is 19.1. The number of ether oxygens (including phenoxy) is 1. The predicted octanol–water partition coefficient (Wildman–Crippen LogP) is 1.68. The second kappa shape index (κ2) is 3.50. The van der Waals surface area contributed by atoms with Gasteiger partial charge in [0.2, 0.25) is 0 Å². The van der Waals surface area contributed by atoms with Crippen LogP contribution in [0.4, 0.5) is 4.39 Å². The van der Waals surface area contributed by atoms with Gasteiger partial charge in [0.25, 0.3) is 0 Å². The Morgan fingerprint density at radius 1 is 1.36 bits per heavy atom. The number of hydrogen-bond donors (Lipinski definition) is 0. The molecule has 1 unspecified atom stereocenters. The molecule has 0 spiro atoms. The molecule has 1 aromatic rings. The van der Waals surface area contributed by atoms with Crippen LogP contribution in [0.15, 0.2) is 24.3 Å². The zero-order valence-corrected chi connectivity index (χ0v) is 7.70. The number of aldehydes is 1. The molecule has 0 aromatic heterocycles. The largest absolute Gasteiger partial charge is 0.380 e. The molecule has 1 aliphatic rings. The highest BCUT2D eigenvalue weighted by Gasteiger charge is 2.36. The van der Waals surface area contributed by atoms with Crippen LogP contribution in [0, 0.1) is 5.82 Å². The number of hydrogen-bond acceptors (Lipinski definition) is 2. The van der Waals surface area contributed by atoms with Crippen molar-refractivity contribution >= 4 is 6.29 Å². The van der Waals surface area contributed by atoms with Crippen molar-refractivity contribution < 1.29 is 13.9 Å². The third-order valence-electron chi connectivity index (χ3n) is 2.70.